The van der Waals surface area contributed by atoms with Gasteiger partial charge in [0.2, 0.25) is 5.91 Å². The van der Waals surface area contributed by atoms with Crippen LogP contribution in [0.15, 0.2) is 30.3 Å². The Balaban J connectivity index is 1.47. The van der Waals surface area contributed by atoms with Gasteiger partial charge in [-0.05, 0) is 57.0 Å². The minimum atomic E-state index is -0.334. The van der Waals surface area contributed by atoms with Crippen LogP contribution >= 0.6 is 11.3 Å². The number of rotatable bonds is 6. The van der Waals surface area contributed by atoms with Crippen molar-refractivity contribution < 1.29 is 23.5 Å². The molecule has 1 aromatic carbocycles. The molecule has 3 aromatic rings. The monoisotopic (exact) mass is 486 g/mol. The van der Waals surface area contributed by atoms with Gasteiger partial charge < -0.3 is 14.5 Å². The van der Waals surface area contributed by atoms with Crippen LogP contribution in [0.3, 0.4) is 0 Å². The number of amides is 2. The van der Waals surface area contributed by atoms with Gasteiger partial charge in [-0.25, -0.2) is 9.07 Å². The van der Waals surface area contributed by atoms with Crippen LogP contribution in [0.2, 0.25) is 0 Å². The molecule has 8 nitrogen and oxygen atoms in total. The molecule has 2 amide bonds. The van der Waals surface area contributed by atoms with Crippen LogP contribution in [0.4, 0.5) is 4.39 Å². The van der Waals surface area contributed by atoms with Gasteiger partial charge in [0, 0.05) is 25.5 Å². The fraction of sp³-hybridized carbons (Fsp3) is 0.417. The molecule has 180 valence electrons. The Morgan fingerprint density at radius 3 is 2.71 bits per heavy atom. The van der Waals surface area contributed by atoms with E-state index in [0.717, 1.165) is 22.3 Å². The van der Waals surface area contributed by atoms with E-state index in [-0.39, 0.29) is 36.1 Å². The van der Waals surface area contributed by atoms with Gasteiger partial charge in [-0.2, -0.15) is 5.10 Å². The highest BCUT2D eigenvalue weighted by Gasteiger charge is 2.30. The van der Waals surface area contributed by atoms with Crippen LogP contribution in [-0.2, 0) is 14.3 Å². The van der Waals surface area contributed by atoms with Crippen molar-refractivity contribution in [2.24, 2.45) is 5.92 Å². The second-order valence-corrected chi connectivity index (χ2v) is 9.43. The van der Waals surface area contributed by atoms with Crippen LogP contribution in [0.25, 0.3) is 15.9 Å². The number of piperidine rings is 1. The van der Waals surface area contributed by atoms with E-state index in [1.165, 1.54) is 28.4 Å². The number of thiophene rings is 1. The summed E-state index contributed by atoms with van der Waals surface area (Å²) < 4.78 is 20.1. The van der Waals surface area contributed by atoms with Gasteiger partial charge in [-0.1, -0.05) is 0 Å². The molecule has 2 aromatic heterocycles. The van der Waals surface area contributed by atoms with Crippen molar-refractivity contribution in [2.75, 3.05) is 33.3 Å². The number of esters is 1. The summed E-state index contributed by atoms with van der Waals surface area (Å²) in [6.07, 6.45) is 1.42. The Hall–Kier alpha value is -3.27. The maximum atomic E-state index is 13.3. The summed E-state index contributed by atoms with van der Waals surface area (Å²) in [6, 6.07) is 7.78. The number of ether oxygens (including phenoxy) is 1. The number of benzene rings is 1. The number of carbonyl (C=O) groups excluding carboxylic acids is 3. The second kappa shape index (κ2) is 9.92. The van der Waals surface area contributed by atoms with Crippen molar-refractivity contribution in [1.29, 1.82) is 0 Å². The van der Waals surface area contributed by atoms with Crippen molar-refractivity contribution in [1.82, 2.24) is 19.6 Å². The maximum absolute atomic E-state index is 13.3. The van der Waals surface area contributed by atoms with E-state index >= 15 is 0 Å². The largest absolute Gasteiger partial charge is 0.466 e. The van der Waals surface area contributed by atoms with Gasteiger partial charge in [0.05, 0.1) is 35.3 Å². The third-order valence-corrected chi connectivity index (χ3v) is 7.04. The van der Waals surface area contributed by atoms with Gasteiger partial charge in [-0.15, -0.1) is 11.3 Å². The number of fused-ring (bicyclic) bond motifs is 1. The third kappa shape index (κ3) is 4.82. The van der Waals surface area contributed by atoms with Crippen molar-refractivity contribution >= 4 is 39.3 Å². The van der Waals surface area contributed by atoms with Gasteiger partial charge in [0.1, 0.15) is 10.6 Å². The first-order valence-electron chi connectivity index (χ1n) is 11.2. The molecule has 4 rings (SSSR count). The second-order valence-electron chi connectivity index (χ2n) is 8.40. The fourth-order valence-electron chi connectivity index (χ4n) is 4.13. The summed E-state index contributed by atoms with van der Waals surface area (Å²) >= 11 is 1.28. The van der Waals surface area contributed by atoms with Gasteiger partial charge in [0.25, 0.3) is 5.91 Å². The molecule has 10 heteroatoms. The molecule has 1 saturated heterocycles. The van der Waals surface area contributed by atoms with Gasteiger partial charge in [0.15, 0.2) is 0 Å². The molecule has 34 heavy (non-hydrogen) atoms. The molecule has 1 aliphatic heterocycles. The molecule has 0 aliphatic carbocycles. The van der Waals surface area contributed by atoms with Crippen molar-refractivity contribution in [2.45, 2.75) is 26.7 Å². The minimum Gasteiger partial charge on any atom is -0.466 e. The Kier molecular flexibility index (Phi) is 6.97. The van der Waals surface area contributed by atoms with E-state index in [9.17, 15) is 18.8 Å². The predicted octanol–water partition coefficient (Wildman–Crippen LogP) is 3.41. The number of likely N-dealkylation sites (N-methyl/N-ethyl adjacent to an activating group) is 1. The lowest BCUT2D eigenvalue weighted by atomic mass is 9.98. The number of halogens is 1. The summed E-state index contributed by atoms with van der Waals surface area (Å²) in [4.78, 5) is 42.3. The van der Waals surface area contributed by atoms with Crippen molar-refractivity contribution in [3.8, 4) is 5.69 Å². The van der Waals surface area contributed by atoms with Crippen LogP contribution in [-0.4, -0.2) is 70.7 Å². The zero-order valence-electron chi connectivity index (χ0n) is 19.4. The molecule has 0 radical (unpaired) electrons. The molecule has 3 heterocycles. The molecule has 0 bridgehead atoms. The summed E-state index contributed by atoms with van der Waals surface area (Å²) in [5, 5.41) is 5.36. The lowest BCUT2D eigenvalue weighted by Gasteiger charge is -2.32. The molecule has 1 fully saturated rings. The summed E-state index contributed by atoms with van der Waals surface area (Å²) in [7, 11) is 1.59. The molecule has 0 N–H and O–H groups in total. The van der Waals surface area contributed by atoms with Gasteiger partial charge in [-0.3, -0.25) is 14.4 Å². The number of aryl methyl sites for hydroxylation is 1. The third-order valence-electron chi connectivity index (χ3n) is 5.94. The van der Waals surface area contributed by atoms with E-state index in [1.807, 2.05) is 6.92 Å². The zero-order chi connectivity index (χ0) is 24.4. The Morgan fingerprint density at radius 1 is 1.26 bits per heavy atom. The highest BCUT2D eigenvalue weighted by molar-refractivity contribution is 7.20. The molecule has 1 unspecified atom stereocenters. The Morgan fingerprint density at radius 2 is 2.00 bits per heavy atom. The fourth-order valence-corrected chi connectivity index (χ4v) is 5.31. The minimum absolute atomic E-state index is 0.0777. The maximum Gasteiger partial charge on any atom is 0.310 e. The first-order chi connectivity index (χ1) is 16.3. The summed E-state index contributed by atoms with van der Waals surface area (Å²) in [5.41, 5.74) is 1.46. The first-order valence-corrected chi connectivity index (χ1v) is 12.0. The molecule has 0 saturated carbocycles. The number of likely N-dealkylation sites (tertiary alicyclic amines) is 1. The quantitative estimate of drug-likeness (QED) is 0.499. The van der Waals surface area contributed by atoms with Crippen molar-refractivity contribution in [3.05, 3.63) is 46.7 Å². The highest BCUT2D eigenvalue weighted by Crippen LogP contribution is 2.31. The number of hydrogen-bond acceptors (Lipinski definition) is 6. The Bertz CT molecular complexity index is 1220. The van der Waals surface area contributed by atoms with Crippen LogP contribution in [0.1, 0.15) is 35.1 Å². The number of nitrogens with zero attached hydrogens (tertiary/aromatic N) is 4. The highest BCUT2D eigenvalue weighted by atomic mass is 32.1. The zero-order valence-corrected chi connectivity index (χ0v) is 20.2. The SMILES string of the molecule is CCOC(=O)C1CCCN(C(=O)CN(C)C(=O)c2cc3c(C)nn(-c4ccc(F)cc4)c3s2)C1. The molecule has 1 aliphatic rings. The number of carbonyl (C=O) groups is 3. The van der Waals surface area contributed by atoms with E-state index in [0.29, 0.717) is 36.7 Å². The molecule has 0 spiro atoms. The smallest absolute Gasteiger partial charge is 0.310 e. The van der Waals surface area contributed by atoms with Crippen LogP contribution in [0.5, 0.6) is 0 Å². The van der Waals surface area contributed by atoms with E-state index in [1.54, 1.807) is 41.8 Å². The Labute approximate surface area is 200 Å². The van der Waals surface area contributed by atoms with Crippen molar-refractivity contribution in [3.63, 3.8) is 0 Å². The lowest BCUT2D eigenvalue weighted by Crippen LogP contribution is -2.47. The predicted molar refractivity (Wildman–Crippen MR) is 127 cm³/mol. The summed E-state index contributed by atoms with van der Waals surface area (Å²) in [6.45, 7) is 4.73. The van der Waals surface area contributed by atoms with E-state index in [2.05, 4.69) is 5.10 Å². The van der Waals surface area contributed by atoms with E-state index < -0.39 is 0 Å². The number of hydrogen-bond donors (Lipinski definition) is 0. The molecule has 1 atom stereocenters. The average Bonchev–Trinajstić information content (AvgIpc) is 3.40. The first kappa shape index (κ1) is 23.9. The topological polar surface area (TPSA) is 84.7 Å². The lowest BCUT2D eigenvalue weighted by molar-refractivity contribution is -0.151. The van der Waals surface area contributed by atoms with Crippen LogP contribution in [0, 0.1) is 18.7 Å². The molecular weight excluding hydrogens is 459 g/mol. The van der Waals surface area contributed by atoms with Gasteiger partial charge >= 0.3 is 5.97 Å². The number of aromatic nitrogens is 2. The van der Waals surface area contributed by atoms with Crippen LogP contribution < -0.4 is 0 Å². The van der Waals surface area contributed by atoms with E-state index in [4.69, 9.17) is 4.74 Å². The standard InChI is InChI=1S/C24H27FN4O4S/c1-4-33-24(32)16-6-5-11-28(13-16)21(30)14-27(3)22(31)20-12-19-15(2)26-29(23(19)34-20)18-9-7-17(25)8-10-18/h7-10,12,16H,4-6,11,13-14H2,1-3H3. The summed E-state index contributed by atoms with van der Waals surface area (Å²) in [5.74, 6) is -1.39. The molecular formula is C24H27FN4O4S. The average molecular weight is 487 g/mol. The normalized spacial score (nSPS) is 16.0.